The van der Waals surface area contributed by atoms with E-state index >= 15 is 0 Å². The highest BCUT2D eigenvalue weighted by atomic mass is 16.5. The molecule has 0 atom stereocenters. The molecule has 0 aliphatic rings. The number of pyridine rings is 1. The highest BCUT2D eigenvalue weighted by Gasteiger charge is 2.13. The van der Waals surface area contributed by atoms with Gasteiger partial charge < -0.3 is 15.0 Å². The monoisotopic (exact) mass is 286 g/mol. The Morgan fingerprint density at radius 3 is 2.67 bits per heavy atom. The zero-order valence-electron chi connectivity index (χ0n) is 12.3. The molecular formula is C16H18N2O3. The van der Waals surface area contributed by atoms with Crippen LogP contribution in [0.5, 0.6) is 5.75 Å². The summed E-state index contributed by atoms with van der Waals surface area (Å²) >= 11 is 0. The Hall–Kier alpha value is -2.56. The molecule has 110 valence electrons. The molecule has 5 heteroatoms. The van der Waals surface area contributed by atoms with E-state index in [-0.39, 0.29) is 17.1 Å². The summed E-state index contributed by atoms with van der Waals surface area (Å²) in [7, 11) is 0. The number of benzene rings is 1. The minimum Gasteiger partial charge on any atom is -0.489 e. The van der Waals surface area contributed by atoms with Crippen molar-refractivity contribution in [2.75, 3.05) is 5.32 Å². The van der Waals surface area contributed by atoms with Crippen LogP contribution in [0.15, 0.2) is 41.3 Å². The second-order valence-electron chi connectivity index (χ2n) is 5.01. The van der Waals surface area contributed by atoms with Crippen molar-refractivity contribution in [3.63, 3.8) is 0 Å². The van der Waals surface area contributed by atoms with Crippen LogP contribution >= 0.6 is 0 Å². The number of amides is 1. The van der Waals surface area contributed by atoms with Crippen molar-refractivity contribution in [2.24, 2.45) is 0 Å². The maximum atomic E-state index is 12.2. The van der Waals surface area contributed by atoms with Crippen LogP contribution in [-0.4, -0.2) is 17.0 Å². The van der Waals surface area contributed by atoms with Gasteiger partial charge in [-0.05, 0) is 32.9 Å². The van der Waals surface area contributed by atoms with E-state index in [0.29, 0.717) is 17.1 Å². The number of aryl methyl sites for hydroxylation is 1. The normalized spacial score (nSPS) is 10.5. The largest absolute Gasteiger partial charge is 0.489 e. The zero-order valence-corrected chi connectivity index (χ0v) is 12.3. The minimum atomic E-state index is -0.462. The van der Waals surface area contributed by atoms with E-state index in [0.717, 1.165) is 0 Å². The minimum absolute atomic E-state index is 0.00849. The van der Waals surface area contributed by atoms with Gasteiger partial charge in [0.1, 0.15) is 11.3 Å². The number of rotatable bonds is 4. The lowest BCUT2D eigenvalue weighted by atomic mass is 10.2. The number of H-pyrrole nitrogens is 1. The standard InChI is InChI=1S/C16H18N2O3/c1-10(2)21-15-7-5-4-6-13(15)18-16(20)12-9-17-11(3)8-14(12)19/h4-10H,1-3H3,(H,17,19)(H,18,20). The number of hydrogen-bond donors (Lipinski definition) is 2. The predicted octanol–water partition coefficient (Wildman–Crippen LogP) is 2.72. The SMILES string of the molecule is Cc1cc(=O)c(C(=O)Nc2ccccc2OC(C)C)c[nH]1. The molecule has 0 saturated heterocycles. The molecule has 0 radical (unpaired) electrons. The summed E-state index contributed by atoms with van der Waals surface area (Å²) in [5, 5.41) is 2.71. The van der Waals surface area contributed by atoms with E-state index in [9.17, 15) is 9.59 Å². The third kappa shape index (κ3) is 3.72. The van der Waals surface area contributed by atoms with Crippen molar-refractivity contribution in [1.29, 1.82) is 0 Å². The topological polar surface area (TPSA) is 71.2 Å². The van der Waals surface area contributed by atoms with Crippen LogP contribution in [0, 0.1) is 6.92 Å². The fourth-order valence-electron chi connectivity index (χ4n) is 1.87. The molecule has 5 nitrogen and oxygen atoms in total. The zero-order chi connectivity index (χ0) is 15.4. The molecule has 1 amide bonds. The maximum Gasteiger partial charge on any atom is 0.261 e. The Morgan fingerprint density at radius 2 is 2.00 bits per heavy atom. The molecule has 2 rings (SSSR count). The molecule has 21 heavy (non-hydrogen) atoms. The van der Waals surface area contributed by atoms with Gasteiger partial charge in [0.05, 0.1) is 11.8 Å². The number of para-hydroxylation sites is 2. The molecule has 0 bridgehead atoms. The third-order valence-corrected chi connectivity index (χ3v) is 2.80. The first-order valence-electron chi connectivity index (χ1n) is 6.73. The van der Waals surface area contributed by atoms with Gasteiger partial charge in [-0.25, -0.2) is 0 Å². The van der Waals surface area contributed by atoms with Crippen molar-refractivity contribution in [2.45, 2.75) is 26.9 Å². The Kier molecular flexibility index (Phi) is 4.42. The maximum absolute atomic E-state index is 12.2. The number of carbonyl (C=O) groups excluding carboxylic acids is 1. The molecule has 1 aromatic heterocycles. The summed E-state index contributed by atoms with van der Waals surface area (Å²) in [5.74, 6) is 0.112. The van der Waals surface area contributed by atoms with Crippen molar-refractivity contribution in [1.82, 2.24) is 4.98 Å². The second-order valence-corrected chi connectivity index (χ2v) is 5.01. The molecule has 0 unspecified atom stereocenters. The van der Waals surface area contributed by atoms with E-state index in [4.69, 9.17) is 4.74 Å². The molecule has 0 spiro atoms. The van der Waals surface area contributed by atoms with Crippen LogP contribution in [0.1, 0.15) is 29.9 Å². The number of anilines is 1. The van der Waals surface area contributed by atoms with Crippen molar-refractivity contribution in [3.05, 3.63) is 58.0 Å². The van der Waals surface area contributed by atoms with Crippen molar-refractivity contribution < 1.29 is 9.53 Å². The number of aromatic amines is 1. The first-order valence-corrected chi connectivity index (χ1v) is 6.73. The summed E-state index contributed by atoms with van der Waals surface area (Å²) in [6, 6.07) is 8.52. The Labute approximate surface area is 123 Å². The van der Waals surface area contributed by atoms with Crippen LogP contribution < -0.4 is 15.5 Å². The van der Waals surface area contributed by atoms with Crippen molar-refractivity contribution in [3.8, 4) is 5.75 Å². The van der Waals surface area contributed by atoms with Gasteiger partial charge in [0, 0.05) is 18.0 Å². The van der Waals surface area contributed by atoms with E-state index in [1.54, 1.807) is 25.1 Å². The average molecular weight is 286 g/mol. The molecule has 1 aromatic carbocycles. The van der Waals surface area contributed by atoms with Gasteiger partial charge >= 0.3 is 0 Å². The number of hydrogen-bond acceptors (Lipinski definition) is 3. The number of aromatic nitrogens is 1. The van der Waals surface area contributed by atoms with Gasteiger partial charge in [0.25, 0.3) is 5.91 Å². The predicted molar refractivity (Wildman–Crippen MR) is 82.0 cm³/mol. The van der Waals surface area contributed by atoms with Gasteiger partial charge in [-0.15, -0.1) is 0 Å². The van der Waals surface area contributed by atoms with Gasteiger partial charge in [-0.1, -0.05) is 12.1 Å². The van der Waals surface area contributed by atoms with Crippen LogP contribution in [0.3, 0.4) is 0 Å². The van der Waals surface area contributed by atoms with Crippen molar-refractivity contribution >= 4 is 11.6 Å². The summed E-state index contributed by atoms with van der Waals surface area (Å²) < 4.78 is 5.63. The van der Waals surface area contributed by atoms with E-state index in [1.807, 2.05) is 19.9 Å². The van der Waals surface area contributed by atoms with Crippen LogP contribution in [-0.2, 0) is 0 Å². The van der Waals surface area contributed by atoms with Gasteiger partial charge in [-0.3, -0.25) is 9.59 Å². The molecule has 0 aliphatic carbocycles. The van der Waals surface area contributed by atoms with Gasteiger partial charge in [0.2, 0.25) is 0 Å². The molecule has 0 aliphatic heterocycles. The smallest absolute Gasteiger partial charge is 0.261 e. The highest BCUT2D eigenvalue weighted by molar-refractivity contribution is 6.04. The van der Waals surface area contributed by atoms with Crippen LogP contribution in [0.25, 0.3) is 0 Å². The molecular weight excluding hydrogens is 268 g/mol. The Balaban J connectivity index is 2.25. The van der Waals surface area contributed by atoms with Gasteiger partial charge in [-0.2, -0.15) is 0 Å². The molecule has 0 fully saturated rings. The Bertz CT molecular complexity index is 705. The highest BCUT2D eigenvalue weighted by Crippen LogP contribution is 2.25. The fraction of sp³-hybridized carbons (Fsp3) is 0.250. The molecule has 1 heterocycles. The lowest BCUT2D eigenvalue weighted by Gasteiger charge is -2.14. The summed E-state index contributed by atoms with van der Waals surface area (Å²) in [4.78, 5) is 26.9. The first-order chi connectivity index (χ1) is 9.97. The lowest BCUT2D eigenvalue weighted by molar-refractivity contribution is 0.102. The lowest BCUT2D eigenvalue weighted by Crippen LogP contribution is -2.22. The number of ether oxygens (including phenoxy) is 1. The molecule has 2 N–H and O–H groups in total. The van der Waals surface area contributed by atoms with Crippen LogP contribution in [0.2, 0.25) is 0 Å². The number of carbonyl (C=O) groups is 1. The third-order valence-electron chi connectivity index (χ3n) is 2.80. The second kappa shape index (κ2) is 6.26. The number of nitrogens with one attached hydrogen (secondary N) is 2. The fourth-order valence-corrected chi connectivity index (χ4v) is 1.87. The van der Waals surface area contributed by atoms with Crippen LogP contribution in [0.4, 0.5) is 5.69 Å². The van der Waals surface area contributed by atoms with E-state index in [1.165, 1.54) is 12.3 Å². The Morgan fingerprint density at radius 1 is 1.29 bits per heavy atom. The quantitative estimate of drug-likeness (QED) is 0.907. The first kappa shape index (κ1) is 14.8. The summed E-state index contributed by atoms with van der Waals surface area (Å²) in [5.41, 5.74) is 1.00. The summed E-state index contributed by atoms with van der Waals surface area (Å²) in [6.45, 7) is 5.57. The molecule has 2 aromatic rings. The van der Waals surface area contributed by atoms with Gasteiger partial charge in [0.15, 0.2) is 5.43 Å². The van der Waals surface area contributed by atoms with E-state index < -0.39 is 5.91 Å². The summed E-state index contributed by atoms with van der Waals surface area (Å²) in [6.07, 6.45) is 1.41. The average Bonchev–Trinajstić information content (AvgIpc) is 2.40. The molecule has 0 saturated carbocycles. The van der Waals surface area contributed by atoms with E-state index in [2.05, 4.69) is 10.3 Å².